The fourth-order valence-electron chi connectivity index (χ4n) is 3.20. The first-order valence-electron chi connectivity index (χ1n) is 8.39. The molecule has 0 saturated heterocycles. The molecule has 1 aliphatic rings. The Hall–Kier alpha value is -2.21. The van der Waals surface area contributed by atoms with Crippen LogP contribution in [0.15, 0.2) is 30.6 Å². The number of nitrogens with one attached hydrogen (secondary N) is 1. The van der Waals surface area contributed by atoms with Crippen molar-refractivity contribution in [2.24, 2.45) is 0 Å². The van der Waals surface area contributed by atoms with Crippen molar-refractivity contribution in [3.63, 3.8) is 0 Å². The van der Waals surface area contributed by atoms with Gasteiger partial charge in [-0.3, -0.25) is 4.79 Å². The van der Waals surface area contributed by atoms with Crippen LogP contribution in [0.2, 0.25) is 0 Å². The van der Waals surface area contributed by atoms with E-state index in [0.717, 1.165) is 28.9 Å². The Morgan fingerprint density at radius 1 is 1.38 bits per heavy atom. The number of hydrogen-bond acceptors (Lipinski definition) is 4. The van der Waals surface area contributed by atoms with Gasteiger partial charge in [0.2, 0.25) is 5.91 Å². The molecule has 0 saturated carbocycles. The number of para-hydroxylation sites is 2. The van der Waals surface area contributed by atoms with E-state index in [2.05, 4.69) is 15.3 Å². The summed E-state index contributed by atoms with van der Waals surface area (Å²) in [5, 5.41) is 4.17. The highest BCUT2D eigenvalue weighted by molar-refractivity contribution is 7.11. The van der Waals surface area contributed by atoms with Crippen LogP contribution in [0.3, 0.4) is 0 Å². The lowest BCUT2D eigenvalue weighted by atomic mass is 10.2. The second kappa shape index (κ2) is 6.36. The minimum absolute atomic E-state index is 0.0160. The first kappa shape index (κ1) is 15.3. The quantitative estimate of drug-likeness (QED) is 0.777. The van der Waals surface area contributed by atoms with E-state index in [4.69, 9.17) is 0 Å². The summed E-state index contributed by atoms with van der Waals surface area (Å²) in [5.74, 6) is 0.0160. The summed E-state index contributed by atoms with van der Waals surface area (Å²) in [7, 11) is 0. The molecule has 124 valence electrons. The molecule has 0 aliphatic heterocycles. The molecule has 0 fully saturated rings. The smallest absolute Gasteiger partial charge is 0.242 e. The molecule has 2 heterocycles. The zero-order valence-electron chi connectivity index (χ0n) is 13.7. The SMILES string of the molecule is CC(C(=O)NCCc1nc2c(s1)CCC2)n1cnc2ccccc21. The molecule has 0 spiro atoms. The number of carbonyl (C=O) groups excluding carboxylic acids is 1. The lowest BCUT2D eigenvalue weighted by Gasteiger charge is -2.14. The summed E-state index contributed by atoms with van der Waals surface area (Å²) in [4.78, 5) is 22.9. The summed E-state index contributed by atoms with van der Waals surface area (Å²) >= 11 is 1.80. The Kier molecular flexibility index (Phi) is 4.06. The molecule has 2 aromatic heterocycles. The molecule has 5 nitrogen and oxygen atoms in total. The Morgan fingerprint density at radius 2 is 2.25 bits per heavy atom. The van der Waals surface area contributed by atoms with Gasteiger partial charge in [0, 0.05) is 17.8 Å². The number of fused-ring (bicyclic) bond motifs is 2. The Labute approximate surface area is 144 Å². The largest absolute Gasteiger partial charge is 0.354 e. The van der Waals surface area contributed by atoms with Crippen molar-refractivity contribution >= 4 is 28.3 Å². The van der Waals surface area contributed by atoms with Crippen molar-refractivity contribution in [1.29, 1.82) is 0 Å². The molecule has 1 atom stereocenters. The number of carbonyl (C=O) groups is 1. The van der Waals surface area contributed by atoms with E-state index in [9.17, 15) is 4.79 Å². The number of hydrogen-bond donors (Lipinski definition) is 1. The summed E-state index contributed by atoms with van der Waals surface area (Å²) in [5.41, 5.74) is 3.17. The van der Waals surface area contributed by atoms with Gasteiger partial charge in [-0.1, -0.05) is 12.1 Å². The number of amides is 1. The van der Waals surface area contributed by atoms with Crippen molar-refractivity contribution in [2.75, 3.05) is 6.54 Å². The average molecular weight is 340 g/mol. The minimum Gasteiger partial charge on any atom is -0.354 e. The molecular weight excluding hydrogens is 320 g/mol. The first-order valence-corrected chi connectivity index (χ1v) is 9.21. The van der Waals surface area contributed by atoms with Gasteiger partial charge in [0.25, 0.3) is 0 Å². The molecule has 1 unspecified atom stereocenters. The highest BCUT2D eigenvalue weighted by Gasteiger charge is 2.18. The molecule has 3 aromatic rings. The molecule has 4 rings (SSSR count). The van der Waals surface area contributed by atoms with Gasteiger partial charge in [0.15, 0.2) is 0 Å². The molecule has 1 aliphatic carbocycles. The minimum atomic E-state index is -0.279. The maximum absolute atomic E-state index is 12.4. The Balaban J connectivity index is 1.37. The van der Waals surface area contributed by atoms with Gasteiger partial charge in [-0.2, -0.15) is 0 Å². The monoisotopic (exact) mass is 340 g/mol. The maximum atomic E-state index is 12.4. The summed E-state index contributed by atoms with van der Waals surface area (Å²) in [6.45, 7) is 2.53. The maximum Gasteiger partial charge on any atom is 0.242 e. The van der Waals surface area contributed by atoms with Gasteiger partial charge >= 0.3 is 0 Å². The van der Waals surface area contributed by atoms with Gasteiger partial charge in [-0.05, 0) is 38.3 Å². The number of aryl methyl sites for hydroxylation is 2. The van der Waals surface area contributed by atoms with Gasteiger partial charge in [0.1, 0.15) is 6.04 Å². The van der Waals surface area contributed by atoms with E-state index in [1.54, 1.807) is 17.7 Å². The summed E-state index contributed by atoms with van der Waals surface area (Å²) in [6.07, 6.45) is 6.07. The van der Waals surface area contributed by atoms with Crippen LogP contribution in [-0.2, 0) is 24.1 Å². The molecule has 0 bridgehead atoms. The number of thiazole rings is 1. The summed E-state index contributed by atoms with van der Waals surface area (Å²) < 4.78 is 1.92. The third kappa shape index (κ3) is 2.82. The lowest BCUT2D eigenvalue weighted by Crippen LogP contribution is -2.32. The molecule has 0 radical (unpaired) electrons. The van der Waals surface area contributed by atoms with Crippen LogP contribution in [0, 0.1) is 0 Å². The fraction of sp³-hybridized carbons (Fsp3) is 0.389. The van der Waals surface area contributed by atoms with E-state index in [1.165, 1.54) is 23.4 Å². The van der Waals surface area contributed by atoms with Crippen LogP contribution in [-0.4, -0.2) is 27.0 Å². The number of aromatic nitrogens is 3. The highest BCUT2D eigenvalue weighted by atomic mass is 32.1. The second-order valence-corrected chi connectivity index (χ2v) is 7.36. The van der Waals surface area contributed by atoms with Crippen molar-refractivity contribution < 1.29 is 4.79 Å². The molecule has 24 heavy (non-hydrogen) atoms. The standard InChI is InChI=1S/C18H20N4OS/c1-12(22-11-20-13-5-2-3-7-15(13)22)18(23)19-10-9-17-21-14-6-4-8-16(14)24-17/h2-3,5,7,11-12H,4,6,8-10H2,1H3,(H,19,23). The van der Waals surface area contributed by atoms with Crippen molar-refractivity contribution in [3.8, 4) is 0 Å². The zero-order valence-corrected chi connectivity index (χ0v) is 14.5. The van der Waals surface area contributed by atoms with E-state index >= 15 is 0 Å². The topological polar surface area (TPSA) is 59.8 Å². The predicted molar refractivity (Wildman–Crippen MR) is 95.3 cm³/mol. The third-order valence-electron chi connectivity index (χ3n) is 4.56. The van der Waals surface area contributed by atoms with E-state index in [0.29, 0.717) is 6.54 Å². The van der Waals surface area contributed by atoms with Crippen LogP contribution < -0.4 is 5.32 Å². The van der Waals surface area contributed by atoms with Crippen molar-refractivity contribution in [1.82, 2.24) is 19.9 Å². The predicted octanol–water partition coefficient (Wildman–Crippen LogP) is 2.90. The van der Waals surface area contributed by atoms with Gasteiger partial charge in [-0.15, -0.1) is 11.3 Å². The number of nitrogens with zero attached hydrogens (tertiary/aromatic N) is 3. The number of benzene rings is 1. The molecule has 6 heteroatoms. The number of rotatable bonds is 5. The highest BCUT2D eigenvalue weighted by Crippen LogP contribution is 2.27. The third-order valence-corrected chi connectivity index (χ3v) is 5.77. The first-order chi connectivity index (χ1) is 11.7. The van der Waals surface area contributed by atoms with Gasteiger partial charge in [0.05, 0.1) is 28.1 Å². The fourth-order valence-corrected chi connectivity index (χ4v) is 4.36. The molecule has 1 amide bonds. The molecule has 1 aromatic carbocycles. The number of imidazole rings is 1. The zero-order chi connectivity index (χ0) is 16.5. The van der Waals surface area contributed by atoms with Crippen LogP contribution in [0.5, 0.6) is 0 Å². The van der Waals surface area contributed by atoms with E-state index < -0.39 is 0 Å². The van der Waals surface area contributed by atoms with Crippen molar-refractivity contribution in [2.45, 2.75) is 38.6 Å². The summed E-state index contributed by atoms with van der Waals surface area (Å²) in [6, 6.07) is 7.59. The Bertz CT molecular complexity index is 861. The van der Waals surface area contributed by atoms with Crippen LogP contribution in [0.25, 0.3) is 11.0 Å². The van der Waals surface area contributed by atoms with Crippen LogP contribution in [0.4, 0.5) is 0 Å². The normalized spacial score (nSPS) is 14.7. The molecule has 1 N–H and O–H groups in total. The second-order valence-electron chi connectivity index (χ2n) is 6.19. The lowest BCUT2D eigenvalue weighted by molar-refractivity contribution is -0.123. The molecular formula is C18H20N4OS. The van der Waals surface area contributed by atoms with E-state index in [1.807, 2.05) is 35.8 Å². The van der Waals surface area contributed by atoms with Gasteiger partial charge < -0.3 is 9.88 Å². The van der Waals surface area contributed by atoms with Crippen LogP contribution in [0.1, 0.15) is 35.0 Å². The van der Waals surface area contributed by atoms with Gasteiger partial charge in [-0.25, -0.2) is 9.97 Å². The Morgan fingerprint density at radius 3 is 3.12 bits per heavy atom. The average Bonchev–Trinajstić information content (AvgIpc) is 3.28. The van der Waals surface area contributed by atoms with Crippen molar-refractivity contribution in [3.05, 3.63) is 46.2 Å². The van der Waals surface area contributed by atoms with Crippen LogP contribution >= 0.6 is 11.3 Å². The van der Waals surface area contributed by atoms with E-state index in [-0.39, 0.29) is 11.9 Å².